The van der Waals surface area contributed by atoms with Gasteiger partial charge in [0, 0.05) is 5.56 Å². The number of halogens is 1. The van der Waals surface area contributed by atoms with E-state index < -0.39 is 16.9 Å². The molecule has 0 fully saturated rings. The van der Waals surface area contributed by atoms with Crippen LogP contribution in [0.5, 0.6) is 0 Å². The van der Waals surface area contributed by atoms with Gasteiger partial charge in [-0.25, -0.2) is 8.60 Å². The topological polar surface area (TPSA) is 37.3 Å². The summed E-state index contributed by atoms with van der Waals surface area (Å²) in [7, 11) is 0. The average molecular weight is 236 g/mol. The van der Waals surface area contributed by atoms with Crippen molar-refractivity contribution in [2.24, 2.45) is 0 Å². The first-order valence-corrected chi connectivity index (χ1v) is 5.75. The summed E-state index contributed by atoms with van der Waals surface area (Å²) < 4.78 is 33.2. The Labute approximate surface area is 95.0 Å². The molecule has 0 saturated carbocycles. The second-order valence-electron chi connectivity index (χ2n) is 3.26. The second-order valence-corrected chi connectivity index (χ2v) is 4.23. The SMILES string of the molecule is O=S(O)c1ccc(-c2ccccc2)c(F)c1. The van der Waals surface area contributed by atoms with Gasteiger partial charge in [-0.3, -0.25) is 0 Å². The molecule has 16 heavy (non-hydrogen) atoms. The summed E-state index contributed by atoms with van der Waals surface area (Å²) in [6.07, 6.45) is 0. The molecule has 0 aromatic heterocycles. The minimum Gasteiger partial charge on any atom is -0.302 e. The molecule has 2 aromatic carbocycles. The molecule has 0 aliphatic rings. The fourth-order valence-electron chi connectivity index (χ4n) is 1.46. The maximum Gasteiger partial charge on any atom is 0.186 e. The van der Waals surface area contributed by atoms with Crippen molar-refractivity contribution in [3.05, 3.63) is 54.3 Å². The lowest BCUT2D eigenvalue weighted by Crippen LogP contribution is -1.91. The first-order chi connectivity index (χ1) is 7.68. The molecule has 1 N–H and O–H groups in total. The van der Waals surface area contributed by atoms with E-state index in [1.54, 1.807) is 12.1 Å². The van der Waals surface area contributed by atoms with Crippen molar-refractivity contribution in [3.63, 3.8) is 0 Å². The van der Waals surface area contributed by atoms with Crippen LogP contribution in [-0.4, -0.2) is 8.76 Å². The number of hydrogen-bond acceptors (Lipinski definition) is 1. The van der Waals surface area contributed by atoms with Gasteiger partial charge < -0.3 is 4.55 Å². The van der Waals surface area contributed by atoms with Gasteiger partial charge in [0.15, 0.2) is 11.1 Å². The molecule has 1 unspecified atom stereocenters. The summed E-state index contributed by atoms with van der Waals surface area (Å²) in [6, 6.07) is 13.1. The third-order valence-corrected chi connectivity index (χ3v) is 2.88. The van der Waals surface area contributed by atoms with Crippen LogP contribution in [0, 0.1) is 5.82 Å². The maximum absolute atomic E-state index is 13.7. The molecule has 0 aliphatic heterocycles. The van der Waals surface area contributed by atoms with Crippen LogP contribution in [-0.2, 0) is 11.1 Å². The van der Waals surface area contributed by atoms with E-state index in [1.807, 2.05) is 18.2 Å². The predicted molar refractivity (Wildman–Crippen MR) is 60.9 cm³/mol. The van der Waals surface area contributed by atoms with E-state index in [0.29, 0.717) is 5.56 Å². The fraction of sp³-hybridized carbons (Fsp3) is 0. The van der Waals surface area contributed by atoms with Gasteiger partial charge >= 0.3 is 0 Å². The summed E-state index contributed by atoms with van der Waals surface area (Å²) >= 11 is -2.14. The van der Waals surface area contributed by atoms with Gasteiger partial charge in [-0.2, -0.15) is 0 Å². The number of hydrogen-bond donors (Lipinski definition) is 1. The molecule has 2 nitrogen and oxygen atoms in total. The van der Waals surface area contributed by atoms with Gasteiger partial charge in [0.2, 0.25) is 0 Å². The quantitative estimate of drug-likeness (QED) is 0.813. The molecule has 0 spiro atoms. The molecule has 0 bridgehead atoms. The van der Waals surface area contributed by atoms with Crippen LogP contribution in [0.15, 0.2) is 53.4 Å². The van der Waals surface area contributed by atoms with Gasteiger partial charge in [0.05, 0.1) is 4.90 Å². The van der Waals surface area contributed by atoms with Gasteiger partial charge in [0.25, 0.3) is 0 Å². The summed E-state index contributed by atoms with van der Waals surface area (Å²) in [6.45, 7) is 0. The lowest BCUT2D eigenvalue weighted by molar-refractivity contribution is 0.561. The molecular weight excluding hydrogens is 227 g/mol. The monoisotopic (exact) mass is 236 g/mol. The largest absolute Gasteiger partial charge is 0.302 e. The van der Waals surface area contributed by atoms with Crippen LogP contribution < -0.4 is 0 Å². The van der Waals surface area contributed by atoms with E-state index in [4.69, 9.17) is 4.55 Å². The lowest BCUT2D eigenvalue weighted by atomic mass is 10.1. The molecular formula is C12H9FO2S. The maximum atomic E-state index is 13.7. The fourth-order valence-corrected chi connectivity index (χ4v) is 1.85. The molecule has 0 amide bonds. The Morgan fingerprint density at radius 3 is 2.31 bits per heavy atom. The van der Waals surface area contributed by atoms with Gasteiger partial charge in [-0.05, 0) is 17.7 Å². The molecule has 1 atom stereocenters. The van der Waals surface area contributed by atoms with Crippen molar-refractivity contribution >= 4 is 11.1 Å². The third kappa shape index (κ3) is 2.18. The lowest BCUT2D eigenvalue weighted by Gasteiger charge is -2.04. The minimum absolute atomic E-state index is 0.0668. The van der Waals surface area contributed by atoms with Crippen LogP contribution >= 0.6 is 0 Å². The Kier molecular flexibility index (Phi) is 3.12. The second kappa shape index (κ2) is 4.55. The van der Waals surface area contributed by atoms with E-state index in [9.17, 15) is 8.60 Å². The van der Waals surface area contributed by atoms with E-state index >= 15 is 0 Å². The van der Waals surface area contributed by atoms with Crippen molar-refractivity contribution in [3.8, 4) is 11.1 Å². The zero-order valence-corrected chi connectivity index (χ0v) is 9.08. The van der Waals surface area contributed by atoms with E-state index in [-0.39, 0.29) is 4.90 Å². The molecule has 82 valence electrons. The molecule has 0 heterocycles. The molecule has 2 aromatic rings. The minimum atomic E-state index is -2.14. The van der Waals surface area contributed by atoms with Crippen molar-refractivity contribution in [1.82, 2.24) is 0 Å². The van der Waals surface area contributed by atoms with E-state index in [2.05, 4.69) is 0 Å². The van der Waals surface area contributed by atoms with Gasteiger partial charge in [0.1, 0.15) is 5.82 Å². The normalized spacial score (nSPS) is 12.4. The Morgan fingerprint density at radius 1 is 1.06 bits per heavy atom. The van der Waals surface area contributed by atoms with Crippen LogP contribution in [0.25, 0.3) is 11.1 Å². The van der Waals surface area contributed by atoms with Crippen LogP contribution in [0.4, 0.5) is 4.39 Å². The highest BCUT2D eigenvalue weighted by atomic mass is 32.2. The zero-order valence-electron chi connectivity index (χ0n) is 8.26. The molecule has 0 aliphatic carbocycles. The summed E-state index contributed by atoms with van der Waals surface area (Å²) in [5.41, 5.74) is 1.17. The molecule has 4 heteroatoms. The highest BCUT2D eigenvalue weighted by Gasteiger charge is 2.08. The highest BCUT2D eigenvalue weighted by Crippen LogP contribution is 2.23. The van der Waals surface area contributed by atoms with E-state index in [1.165, 1.54) is 12.1 Å². The third-order valence-electron chi connectivity index (χ3n) is 2.23. The Balaban J connectivity index is 2.48. The van der Waals surface area contributed by atoms with Gasteiger partial charge in [-0.15, -0.1) is 0 Å². The van der Waals surface area contributed by atoms with Crippen LogP contribution in [0.2, 0.25) is 0 Å². The smallest absolute Gasteiger partial charge is 0.186 e. The van der Waals surface area contributed by atoms with Crippen molar-refractivity contribution in [2.75, 3.05) is 0 Å². The number of rotatable bonds is 2. The van der Waals surface area contributed by atoms with Crippen molar-refractivity contribution < 1.29 is 13.2 Å². The van der Waals surface area contributed by atoms with Crippen LogP contribution in [0.3, 0.4) is 0 Å². The Hall–Kier alpha value is -1.52. The first kappa shape index (κ1) is 11.0. The van der Waals surface area contributed by atoms with Crippen molar-refractivity contribution in [2.45, 2.75) is 4.90 Å². The predicted octanol–water partition coefficient (Wildman–Crippen LogP) is 3.07. The average Bonchev–Trinajstić information content (AvgIpc) is 2.30. The highest BCUT2D eigenvalue weighted by molar-refractivity contribution is 7.79. The zero-order chi connectivity index (χ0) is 11.5. The Morgan fingerprint density at radius 2 is 1.75 bits per heavy atom. The van der Waals surface area contributed by atoms with Crippen molar-refractivity contribution in [1.29, 1.82) is 0 Å². The standard InChI is InChI=1S/C12H9FO2S/c13-12-8-10(16(14)15)6-7-11(12)9-4-2-1-3-5-9/h1-8H,(H,14,15). The van der Waals surface area contributed by atoms with Gasteiger partial charge in [-0.1, -0.05) is 36.4 Å². The first-order valence-electron chi connectivity index (χ1n) is 4.64. The van der Waals surface area contributed by atoms with Crippen LogP contribution in [0.1, 0.15) is 0 Å². The molecule has 2 rings (SSSR count). The molecule has 0 radical (unpaired) electrons. The molecule has 0 saturated heterocycles. The van der Waals surface area contributed by atoms with E-state index in [0.717, 1.165) is 11.6 Å². The summed E-state index contributed by atoms with van der Waals surface area (Å²) in [5.74, 6) is -0.494. The number of benzene rings is 2. The Bertz CT molecular complexity index is 526. The summed E-state index contributed by atoms with van der Waals surface area (Å²) in [4.78, 5) is 0.0668. The summed E-state index contributed by atoms with van der Waals surface area (Å²) in [5, 5.41) is 0.